The summed E-state index contributed by atoms with van der Waals surface area (Å²) >= 11 is 1.58. The zero-order valence-corrected chi connectivity index (χ0v) is 10.3. The second-order valence-corrected chi connectivity index (χ2v) is 4.99. The SMILES string of the molecule is CCCC1[C]([Zr])=Cc2ccccc21. The number of rotatable bonds is 2. The number of fused-ring (bicyclic) bond motifs is 1. The van der Waals surface area contributed by atoms with Crippen molar-refractivity contribution in [1.29, 1.82) is 0 Å². The Morgan fingerprint density at radius 1 is 1.31 bits per heavy atom. The number of hydrogen-bond donors (Lipinski definition) is 0. The maximum absolute atomic E-state index is 2.37. The standard InChI is InChI=1S/C12H13.Zr/c1-2-5-10-8-9-11-6-3-4-7-12(10)11;/h3-4,6-7,9-10H,2,5H2,1H3;. The van der Waals surface area contributed by atoms with Gasteiger partial charge in [-0.2, -0.15) is 0 Å². The van der Waals surface area contributed by atoms with Gasteiger partial charge >= 0.3 is 95.2 Å². The third kappa shape index (κ3) is 1.72. The summed E-state index contributed by atoms with van der Waals surface area (Å²) in [5.41, 5.74) is 3.00. The van der Waals surface area contributed by atoms with E-state index < -0.39 is 0 Å². The molecule has 0 spiro atoms. The molecule has 1 heteroatoms. The molecule has 65 valence electrons. The average Bonchev–Trinajstić information content (AvgIpc) is 2.44. The summed E-state index contributed by atoms with van der Waals surface area (Å²) in [5.74, 6) is 0.736. The summed E-state index contributed by atoms with van der Waals surface area (Å²) in [6.45, 7) is 2.27. The van der Waals surface area contributed by atoms with Gasteiger partial charge in [0.2, 0.25) is 0 Å². The average molecular weight is 248 g/mol. The molecular weight excluding hydrogens is 235 g/mol. The van der Waals surface area contributed by atoms with Crippen molar-refractivity contribution in [2.45, 2.75) is 25.7 Å². The van der Waals surface area contributed by atoms with Crippen LogP contribution in [-0.4, -0.2) is 0 Å². The van der Waals surface area contributed by atoms with E-state index >= 15 is 0 Å². The van der Waals surface area contributed by atoms with Crippen LogP contribution in [0, 0.1) is 0 Å². The summed E-state index contributed by atoms with van der Waals surface area (Å²) in [5, 5.41) is 0. The van der Waals surface area contributed by atoms with Crippen molar-refractivity contribution < 1.29 is 24.7 Å². The molecule has 0 saturated heterocycles. The Morgan fingerprint density at radius 3 is 2.85 bits per heavy atom. The molecule has 0 amide bonds. The van der Waals surface area contributed by atoms with Crippen LogP contribution in [0.3, 0.4) is 0 Å². The molecule has 0 aromatic heterocycles. The van der Waals surface area contributed by atoms with Gasteiger partial charge < -0.3 is 0 Å². The fraction of sp³-hybridized carbons (Fsp3) is 0.333. The van der Waals surface area contributed by atoms with Gasteiger partial charge in [-0.15, -0.1) is 0 Å². The van der Waals surface area contributed by atoms with Gasteiger partial charge in [0.25, 0.3) is 0 Å². The molecule has 1 aromatic rings. The van der Waals surface area contributed by atoms with Crippen molar-refractivity contribution in [3.05, 3.63) is 38.7 Å². The molecule has 1 aliphatic rings. The molecule has 0 N–H and O–H groups in total. The molecular formula is C12H13Zr. The minimum atomic E-state index is 0.736. The zero-order chi connectivity index (χ0) is 9.26. The molecule has 1 atom stereocenters. The minimum absolute atomic E-state index is 0.736. The van der Waals surface area contributed by atoms with E-state index in [1.807, 2.05) is 0 Å². The predicted molar refractivity (Wildman–Crippen MR) is 52.1 cm³/mol. The van der Waals surface area contributed by atoms with Crippen molar-refractivity contribution in [3.63, 3.8) is 0 Å². The second kappa shape index (κ2) is 3.92. The molecule has 0 radical (unpaired) electrons. The molecule has 13 heavy (non-hydrogen) atoms. The molecule has 1 aromatic carbocycles. The summed E-state index contributed by atoms with van der Waals surface area (Å²) in [7, 11) is 0. The van der Waals surface area contributed by atoms with E-state index in [1.54, 1.807) is 33.6 Å². The fourth-order valence-corrected chi connectivity index (χ4v) is 3.11. The van der Waals surface area contributed by atoms with Gasteiger partial charge in [0.1, 0.15) is 0 Å². The van der Waals surface area contributed by atoms with Crippen molar-refractivity contribution in [1.82, 2.24) is 0 Å². The van der Waals surface area contributed by atoms with Crippen molar-refractivity contribution in [3.8, 4) is 0 Å². The number of hydrogen-bond acceptors (Lipinski definition) is 0. The van der Waals surface area contributed by atoms with Crippen LogP contribution in [0.4, 0.5) is 0 Å². The van der Waals surface area contributed by atoms with Crippen molar-refractivity contribution in [2.24, 2.45) is 0 Å². The Morgan fingerprint density at radius 2 is 2.08 bits per heavy atom. The van der Waals surface area contributed by atoms with Crippen molar-refractivity contribution >= 4 is 6.08 Å². The zero-order valence-electron chi connectivity index (χ0n) is 7.88. The third-order valence-electron chi connectivity index (χ3n) is 2.64. The Labute approximate surface area is 94.9 Å². The van der Waals surface area contributed by atoms with E-state index in [9.17, 15) is 0 Å². The third-order valence-corrected chi connectivity index (χ3v) is 3.85. The van der Waals surface area contributed by atoms with Crippen LogP contribution in [0.15, 0.2) is 27.5 Å². The van der Waals surface area contributed by atoms with Gasteiger partial charge in [0.15, 0.2) is 0 Å². The van der Waals surface area contributed by atoms with Crippen LogP contribution < -0.4 is 0 Å². The maximum atomic E-state index is 2.37. The first-order valence-corrected chi connectivity index (χ1v) is 6.08. The molecule has 0 fully saturated rings. The first-order valence-electron chi connectivity index (χ1n) is 4.85. The molecule has 0 saturated carbocycles. The van der Waals surface area contributed by atoms with Gasteiger partial charge in [0.05, 0.1) is 0 Å². The van der Waals surface area contributed by atoms with Crippen molar-refractivity contribution in [2.75, 3.05) is 0 Å². The quantitative estimate of drug-likeness (QED) is 0.752. The van der Waals surface area contributed by atoms with E-state index in [0.717, 1.165) is 5.92 Å². The fourth-order valence-electron chi connectivity index (χ4n) is 2.00. The van der Waals surface area contributed by atoms with E-state index in [-0.39, 0.29) is 0 Å². The number of allylic oxidation sites excluding steroid dienone is 1. The van der Waals surface area contributed by atoms with Crippen LogP contribution in [0.1, 0.15) is 36.8 Å². The molecule has 0 heterocycles. The molecule has 1 unspecified atom stereocenters. The van der Waals surface area contributed by atoms with Crippen LogP contribution in [-0.2, 0) is 24.7 Å². The normalized spacial score (nSPS) is 19.7. The molecule has 0 bridgehead atoms. The van der Waals surface area contributed by atoms with Crippen LogP contribution in [0.2, 0.25) is 0 Å². The molecule has 0 nitrogen and oxygen atoms in total. The van der Waals surface area contributed by atoms with Gasteiger partial charge in [-0.1, -0.05) is 0 Å². The summed E-state index contributed by atoms with van der Waals surface area (Å²) < 4.78 is 1.62. The monoisotopic (exact) mass is 247 g/mol. The van der Waals surface area contributed by atoms with Gasteiger partial charge in [0, 0.05) is 0 Å². The topological polar surface area (TPSA) is 0 Å². The Kier molecular flexibility index (Phi) is 2.84. The Bertz CT molecular complexity index is 339. The summed E-state index contributed by atoms with van der Waals surface area (Å²) in [6.07, 6.45) is 4.96. The Hall–Kier alpha value is -0.157. The summed E-state index contributed by atoms with van der Waals surface area (Å²) in [6, 6.07) is 8.80. The first-order chi connectivity index (χ1) is 6.33. The van der Waals surface area contributed by atoms with Crippen LogP contribution in [0.25, 0.3) is 6.08 Å². The van der Waals surface area contributed by atoms with Crippen LogP contribution >= 0.6 is 0 Å². The molecule has 1 aliphatic carbocycles. The van der Waals surface area contributed by atoms with E-state index in [4.69, 9.17) is 0 Å². The van der Waals surface area contributed by atoms with Gasteiger partial charge in [-0.25, -0.2) is 0 Å². The predicted octanol–water partition coefficient (Wildman–Crippen LogP) is 3.47. The van der Waals surface area contributed by atoms with E-state index in [2.05, 4.69) is 37.3 Å². The van der Waals surface area contributed by atoms with Gasteiger partial charge in [-0.3, -0.25) is 0 Å². The molecule has 0 aliphatic heterocycles. The van der Waals surface area contributed by atoms with E-state index in [0.29, 0.717) is 0 Å². The van der Waals surface area contributed by atoms with E-state index in [1.165, 1.54) is 18.4 Å². The second-order valence-electron chi connectivity index (χ2n) is 3.57. The molecule has 2 rings (SSSR count). The first kappa shape index (κ1) is 9.40. The number of benzene rings is 1. The van der Waals surface area contributed by atoms with Gasteiger partial charge in [-0.05, 0) is 0 Å². The Balaban J connectivity index is 2.37. The summed E-state index contributed by atoms with van der Waals surface area (Å²) in [4.78, 5) is 0. The van der Waals surface area contributed by atoms with Crippen LogP contribution in [0.5, 0.6) is 0 Å².